The van der Waals surface area contributed by atoms with Crippen LogP contribution in [0.15, 0.2) is 18.2 Å². The molecule has 1 atom stereocenters. The fourth-order valence-electron chi connectivity index (χ4n) is 3.08. The van der Waals surface area contributed by atoms with E-state index in [2.05, 4.69) is 15.2 Å². The Balaban J connectivity index is 1.65. The fraction of sp³-hybridized carbons (Fsp3) is 0.357. The van der Waals surface area contributed by atoms with Crippen molar-refractivity contribution in [1.29, 1.82) is 0 Å². The van der Waals surface area contributed by atoms with Gasteiger partial charge in [0.1, 0.15) is 0 Å². The van der Waals surface area contributed by atoms with E-state index in [1.807, 2.05) is 18.2 Å². The number of aromatic nitrogens is 1. The maximum absolute atomic E-state index is 12.0. The maximum atomic E-state index is 12.0. The number of imide groups is 1. The number of amides is 2. The van der Waals surface area contributed by atoms with E-state index in [4.69, 9.17) is 11.6 Å². The number of benzene rings is 1. The predicted octanol–water partition coefficient (Wildman–Crippen LogP) is 2.19. The molecule has 2 aliphatic rings. The predicted molar refractivity (Wildman–Crippen MR) is 81.7 cm³/mol. The SMILES string of the molecule is O=C1C[C@@]2(CCN(c3nc4ccc(Cl)cc4s3)C2)C(=O)N1. The number of fused-ring (bicyclic) bond motifs is 1. The minimum absolute atomic E-state index is 0.140. The van der Waals surface area contributed by atoms with Gasteiger partial charge in [0.2, 0.25) is 11.8 Å². The van der Waals surface area contributed by atoms with E-state index in [-0.39, 0.29) is 11.8 Å². The van der Waals surface area contributed by atoms with Crippen LogP contribution in [-0.2, 0) is 9.59 Å². The normalized spacial score (nSPS) is 25.3. The van der Waals surface area contributed by atoms with E-state index in [1.165, 1.54) is 0 Å². The van der Waals surface area contributed by atoms with Crippen molar-refractivity contribution in [1.82, 2.24) is 10.3 Å². The first-order valence-electron chi connectivity index (χ1n) is 6.71. The van der Waals surface area contributed by atoms with Crippen molar-refractivity contribution in [2.75, 3.05) is 18.0 Å². The molecule has 2 amide bonds. The number of thiazole rings is 1. The van der Waals surface area contributed by atoms with E-state index < -0.39 is 5.41 Å². The number of rotatable bonds is 1. The Morgan fingerprint density at radius 2 is 2.24 bits per heavy atom. The van der Waals surface area contributed by atoms with E-state index in [0.717, 1.165) is 21.9 Å². The molecule has 1 spiro atoms. The zero-order valence-electron chi connectivity index (χ0n) is 11.1. The van der Waals surface area contributed by atoms with Crippen LogP contribution in [0.5, 0.6) is 0 Å². The highest BCUT2D eigenvalue weighted by molar-refractivity contribution is 7.22. The summed E-state index contributed by atoms with van der Waals surface area (Å²) in [6, 6.07) is 5.62. The quantitative estimate of drug-likeness (QED) is 0.818. The summed E-state index contributed by atoms with van der Waals surface area (Å²) in [5.41, 5.74) is 0.347. The van der Waals surface area contributed by atoms with Crippen molar-refractivity contribution in [3.63, 3.8) is 0 Å². The standard InChI is InChI=1S/C14H12ClN3O2S/c15-8-1-2-9-10(5-8)21-13(16-9)18-4-3-14(7-18)6-11(19)17-12(14)20/h1-2,5H,3-4,6-7H2,(H,17,19,20)/t14-/m1/s1. The van der Waals surface area contributed by atoms with Crippen LogP contribution in [0.2, 0.25) is 5.02 Å². The van der Waals surface area contributed by atoms with Crippen molar-refractivity contribution in [3.8, 4) is 0 Å². The van der Waals surface area contributed by atoms with Gasteiger partial charge in [0.05, 0.1) is 15.6 Å². The number of nitrogens with one attached hydrogen (secondary N) is 1. The molecular weight excluding hydrogens is 310 g/mol. The van der Waals surface area contributed by atoms with Gasteiger partial charge in [0, 0.05) is 24.5 Å². The monoisotopic (exact) mass is 321 g/mol. The smallest absolute Gasteiger partial charge is 0.235 e. The second-order valence-electron chi connectivity index (χ2n) is 5.61. The maximum Gasteiger partial charge on any atom is 0.235 e. The Bertz CT molecular complexity index is 775. The van der Waals surface area contributed by atoms with Crippen molar-refractivity contribution in [3.05, 3.63) is 23.2 Å². The highest BCUT2D eigenvalue weighted by Gasteiger charge is 2.51. The third kappa shape index (κ3) is 2.01. The van der Waals surface area contributed by atoms with Crippen molar-refractivity contribution in [2.45, 2.75) is 12.8 Å². The minimum Gasteiger partial charge on any atom is -0.347 e. The number of nitrogens with zero attached hydrogens (tertiary/aromatic N) is 2. The Morgan fingerprint density at radius 3 is 3.00 bits per heavy atom. The van der Waals surface area contributed by atoms with E-state index >= 15 is 0 Å². The molecule has 2 saturated heterocycles. The molecule has 3 heterocycles. The number of hydrogen-bond donors (Lipinski definition) is 1. The highest BCUT2D eigenvalue weighted by Crippen LogP contribution is 2.41. The van der Waals surface area contributed by atoms with Gasteiger partial charge in [0.15, 0.2) is 5.13 Å². The average Bonchev–Trinajstić information content (AvgIpc) is 3.08. The van der Waals surface area contributed by atoms with Crippen LogP contribution in [0, 0.1) is 5.41 Å². The second kappa shape index (κ2) is 4.42. The molecule has 2 aliphatic heterocycles. The summed E-state index contributed by atoms with van der Waals surface area (Å²) < 4.78 is 1.03. The molecule has 0 bridgehead atoms. The summed E-state index contributed by atoms with van der Waals surface area (Å²) >= 11 is 7.56. The summed E-state index contributed by atoms with van der Waals surface area (Å²) in [7, 11) is 0. The van der Waals surface area contributed by atoms with Crippen LogP contribution < -0.4 is 10.2 Å². The number of halogens is 1. The molecule has 4 rings (SSSR count). The number of carbonyl (C=O) groups excluding carboxylic acids is 2. The fourth-order valence-corrected chi connectivity index (χ4v) is 4.34. The van der Waals surface area contributed by atoms with Gasteiger partial charge in [-0.15, -0.1) is 0 Å². The van der Waals surface area contributed by atoms with Gasteiger partial charge in [-0.05, 0) is 24.6 Å². The van der Waals surface area contributed by atoms with Crippen LogP contribution in [0.25, 0.3) is 10.2 Å². The molecule has 1 aromatic heterocycles. The molecular formula is C14H12ClN3O2S. The van der Waals surface area contributed by atoms with E-state index in [0.29, 0.717) is 24.4 Å². The molecule has 1 aromatic carbocycles. The lowest BCUT2D eigenvalue weighted by Crippen LogP contribution is -2.34. The van der Waals surface area contributed by atoms with Crippen molar-refractivity contribution < 1.29 is 9.59 Å². The lowest BCUT2D eigenvalue weighted by Gasteiger charge is -2.19. The first-order valence-corrected chi connectivity index (χ1v) is 7.91. The second-order valence-corrected chi connectivity index (χ2v) is 7.06. The van der Waals surface area contributed by atoms with E-state index in [1.54, 1.807) is 11.3 Å². The van der Waals surface area contributed by atoms with Gasteiger partial charge in [-0.2, -0.15) is 0 Å². The molecule has 5 nitrogen and oxygen atoms in total. The molecule has 21 heavy (non-hydrogen) atoms. The third-order valence-electron chi connectivity index (χ3n) is 4.20. The lowest BCUT2D eigenvalue weighted by atomic mass is 9.85. The summed E-state index contributed by atoms with van der Waals surface area (Å²) in [5.74, 6) is -0.308. The highest BCUT2D eigenvalue weighted by atomic mass is 35.5. The van der Waals surface area contributed by atoms with Crippen LogP contribution in [0.3, 0.4) is 0 Å². The van der Waals surface area contributed by atoms with Crippen molar-refractivity contribution >= 4 is 50.1 Å². The van der Waals surface area contributed by atoms with Gasteiger partial charge in [0.25, 0.3) is 0 Å². The third-order valence-corrected chi connectivity index (χ3v) is 5.51. The first kappa shape index (κ1) is 13.0. The molecule has 108 valence electrons. The molecule has 1 N–H and O–H groups in total. The summed E-state index contributed by atoms with van der Waals surface area (Å²) in [6.45, 7) is 1.30. The summed E-state index contributed by atoms with van der Waals surface area (Å²) in [5, 5.41) is 3.99. The molecule has 2 fully saturated rings. The Hall–Kier alpha value is -1.66. The molecule has 0 unspecified atom stereocenters. The van der Waals surface area contributed by atoms with Crippen LogP contribution >= 0.6 is 22.9 Å². The Labute approximate surface area is 129 Å². The molecule has 2 aromatic rings. The van der Waals surface area contributed by atoms with Gasteiger partial charge in [-0.25, -0.2) is 4.98 Å². The zero-order valence-corrected chi connectivity index (χ0v) is 12.6. The van der Waals surface area contributed by atoms with Crippen LogP contribution in [0.4, 0.5) is 5.13 Å². The van der Waals surface area contributed by atoms with Gasteiger partial charge in [-0.3, -0.25) is 14.9 Å². The molecule has 0 aliphatic carbocycles. The molecule has 7 heteroatoms. The Kier molecular flexibility index (Phi) is 2.74. The van der Waals surface area contributed by atoms with E-state index in [9.17, 15) is 9.59 Å². The minimum atomic E-state index is -0.563. The lowest BCUT2D eigenvalue weighted by molar-refractivity contribution is -0.127. The van der Waals surface area contributed by atoms with Crippen molar-refractivity contribution in [2.24, 2.45) is 5.41 Å². The Morgan fingerprint density at radius 1 is 1.38 bits per heavy atom. The summed E-state index contributed by atoms with van der Waals surface area (Å²) in [6.07, 6.45) is 0.986. The average molecular weight is 322 g/mol. The van der Waals surface area contributed by atoms with Crippen LogP contribution in [0.1, 0.15) is 12.8 Å². The largest absolute Gasteiger partial charge is 0.347 e. The van der Waals surface area contributed by atoms with Gasteiger partial charge >= 0.3 is 0 Å². The number of anilines is 1. The van der Waals surface area contributed by atoms with Crippen LogP contribution in [-0.4, -0.2) is 29.9 Å². The summed E-state index contributed by atoms with van der Waals surface area (Å²) in [4.78, 5) is 30.2. The topological polar surface area (TPSA) is 62.3 Å². The molecule has 0 saturated carbocycles. The first-order chi connectivity index (χ1) is 10.1. The number of carbonyl (C=O) groups is 2. The zero-order chi connectivity index (χ0) is 14.6. The van der Waals surface area contributed by atoms with Gasteiger partial charge in [-0.1, -0.05) is 22.9 Å². The molecule has 0 radical (unpaired) electrons. The number of hydrogen-bond acceptors (Lipinski definition) is 5. The van der Waals surface area contributed by atoms with Gasteiger partial charge < -0.3 is 4.90 Å².